The highest BCUT2D eigenvalue weighted by molar-refractivity contribution is 8.17. The summed E-state index contributed by atoms with van der Waals surface area (Å²) in [5, 5.41) is 0.0878. The first kappa shape index (κ1) is 17.5. The van der Waals surface area contributed by atoms with Crippen molar-refractivity contribution >= 4 is 16.9 Å². The number of allylic oxidation sites excluding steroid dienone is 1. The van der Waals surface area contributed by atoms with E-state index in [4.69, 9.17) is 4.74 Å². The highest BCUT2D eigenvalue weighted by Crippen LogP contribution is 2.27. The first-order chi connectivity index (χ1) is 11.2. The van der Waals surface area contributed by atoms with Crippen LogP contribution in [0.3, 0.4) is 0 Å². The molecule has 0 radical (unpaired) electrons. The number of ether oxygens (including phenoxy) is 1. The van der Waals surface area contributed by atoms with Crippen LogP contribution >= 0.6 is 11.8 Å². The van der Waals surface area contributed by atoms with Crippen LogP contribution in [0, 0.1) is 0 Å². The summed E-state index contributed by atoms with van der Waals surface area (Å²) in [6.07, 6.45) is 0.762. The van der Waals surface area contributed by atoms with Crippen LogP contribution in [0.4, 0.5) is 0 Å². The Bertz CT molecular complexity index is 644. The molecular formula is C20H22O2S. The van der Waals surface area contributed by atoms with Crippen LogP contribution in [-0.2, 0) is 11.3 Å². The van der Waals surface area contributed by atoms with Crippen molar-refractivity contribution in [1.82, 2.24) is 0 Å². The average Bonchev–Trinajstić information content (AvgIpc) is 2.59. The largest absolute Gasteiger partial charge is 0.376 e. The second kappa shape index (κ2) is 9.33. The third-order valence-corrected chi connectivity index (χ3v) is 4.65. The molecule has 0 saturated carbocycles. The quantitative estimate of drug-likeness (QED) is 0.632. The molecule has 120 valence electrons. The van der Waals surface area contributed by atoms with Gasteiger partial charge in [0, 0.05) is 12.0 Å². The Morgan fingerprint density at radius 3 is 2.17 bits per heavy atom. The topological polar surface area (TPSA) is 26.3 Å². The van der Waals surface area contributed by atoms with Crippen LogP contribution in [0.2, 0.25) is 0 Å². The molecule has 0 amide bonds. The van der Waals surface area contributed by atoms with Gasteiger partial charge in [-0.05, 0) is 24.3 Å². The van der Waals surface area contributed by atoms with Crippen LogP contribution in [0.5, 0.6) is 0 Å². The van der Waals surface area contributed by atoms with E-state index < -0.39 is 0 Å². The summed E-state index contributed by atoms with van der Waals surface area (Å²) in [5.74, 6) is 0. The van der Waals surface area contributed by atoms with E-state index in [9.17, 15) is 4.79 Å². The molecule has 0 aromatic heterocycles. The van der Waals surface area contributed by atoms with Gasteiger partial charge in [0.1, 0.15) is 0 Å². The van der Waals surface area contributed by atoms with Crippen LogP contribution in [-0.4, -0.2) is 11.7 Å². The van der Waals surface area contributed by atoms with E-state index in [0.717, 1.165) is 16.9 Å². The van der Waals surface area contributed by atoms with Crippen molar-refractivity contribution in [1.29, 1.82) is 0 Å². The van der Waals surface area contributed by atoms with Crippen molar-refractivity contribution < 1.29 is 9.53 Å². The Kier molecular flexibility index (Phi) is 7.11. The first-order valence-electron chi connectivity index (χ1n) is 7.72. The maximum atomic E-state index is 12.3. The van der Waals surface area contributed by atoms with E-state index in [1.807, 2.05) is 62.4 Å². The van der Waals surface area contributed by atoms with Gasteiger partial charge in [-0.3, -0.25) is 4.79 Å². The molecule has 0 aliphatic heterocycles. The predicted molar refractivity (Wildman–Crippen MR) is 97.5 cm³/mol. The molecule has 2 aromatic carbocycles. The van der Waals surface area contributed by atoms with E-state index in [1.165, 1.54) is 22.9 Å². The number of carbonyl (C=O) groups excluding carboxylic acids is 1. The van der Waals surface area contributed by atoms with Crippen molar-refractivity contribution in [3.63, 3.8) is 0 Å². The second-order valence-electron chi connectivity index (χ2n) is 5.47. The number of benzene rings is 2. The Hall–Kier alpha value is -1.84. The van der Waals surface area contributed by atoms with E-state index in [1.54, 1.807) is 0 Å². The molecule has 0 spiro atoms. The zero-order valence-electron chi connectivity index (χ0n) is 13.6. The highest BCUT2D eigenvalue weighted by atomic mass is 32.2. The fraction of sp³-hybridized carbons (Fsp3) is 0.250. The summed E-state index contributed by atoms with van der Waals surface area (Å²) >= 11 is 1.31. The molecule has 3 heteroatoms. The maximum Gasteiger partial charge on any atom is 0.223 e. The molecule has 0 bridgehead atoms. The minimum atomic E-state index is 0.0878. The third kappa shape index (κ3) is 6.05. The van der Waals surface area contributed by atoms with Gasteiger partial charge in [0.25, 0.3) is 0 Å². The van der Waals surface area contributed by atoms with Crippen molar-refractivity contribution in [2.24, 2.45) is 0 Å². The van der Waals surface area contributed by atoms with E-state index in [-0.39, 0.29) is 5.12 Å². The lowest BCUT2D eigenvalue weighted by Crippen LogP contribution is -2.00. The molecule has 2 rings (SSSR count). The van der Waals surface area contributed by atoms with Gasteiger partial charge in [0.15, 0.2) is 0 Å². The lowest BCUT2D eigenvalue weighted by atomic mass is 10.2. The molecule has 0 heterocycles. The summed E-state index contributed by atoms with van der Waals surface area (Å²) < 4.78 is 5.73. The van der Waals surface area contributed by atoms with Crippen LogP contribution in [0.15, 0.2) is 71.1 Å². The summed E-state index contributed by atoms with van der Waals surface area (Å²) in [6.45, 7) is 5.30. The first-order valence-corrected chi connectivity index (χ1v) is 8.53. The third-order valence-electron chi connectivity index (χ3n) is 3.37. The molecule has 0 N–H and O–H groups in total. The SMILES string of the molecule is CC(C)=C(CCOCc1ccccc1)SC(=O)c1ccccc1. The van der Waals surface area contributed by atoms with Gasteiger partial charge in [0.2, 0.25) is 5.12 Å². The molecule has 0 aliphatic carbocycles. The molecule has 2 nitrogen and oxygen atoms in total. The van der Waals surface area contributed by atoms with Crippen molar-refractivity contribution in [2.75, 3.05) is 6.61 Å². The van der Waals surface area contributed by atoms with Crippen molar-refractivity contribution in [2.45, 2.75) is 26.9 Å². The summed E-state index contributed by atoms with van der Waals surface area (Å²) in [4.78, 5) is 13.4. The molecule has 0 atom stereocenters. The van der Waals surface area contributed by atoms with Crippen molar-refractivity contribution in [3.8, 4) is 0 Å². The molecule has 23 heavy (non-hydrogen) atoms. The Balaban J connectivity index is 1.83. The van der Waals surface area contributed by atoms with Gasteiger partial charge in [0.05, 0.1) is 13.2 Å². The smallest absolute Gasteiger partial charge is 0.223 e. The van der Waals surface area contributed by atoms with Gasteiger partial charge < -0.3 is 4.74 Å². The van der Waals surface area contributed by atoms with Gasteiger partial charge in [-0.1, -0.05) is 78.0 Å². The fourth-order valence-electron chi connectivity index (χ4n) is 2.08. The number of thioether (sulfide) groups is 1. The lowest BCUT2D eigenvalue weighted by Gasteiger charge is -2.10. The van der Waals surface area contributed by atoms with Gasteiger partial charge >= 0.3 is 0 Å². The monoisotopic (exact) mass is 326 g/mol. The van der Waals surface area contributed by atoms with Crippen LogP contribution < -0.4 is 0 Å². The predicted octanol–water partition coefficient (Wildman–Crippen LogP) is 5.46. The number of rotatable bonds is 7. The Morgan fingerprint density at radius 2 is 1.57 bits per heavy atom. The number of hydrogen-bond donors (Lipinski definition) is 0. The zero-order valence-corrected chi connectivity index (χ0v) is 14.4. The van der Waals surface area contributed by atoms with Crippen molar-refractivity contribution in [3.05, 3.63) is 82.3 Å². The zero-order chi connectivity index (χ0) is 16.5. The van der Waals surface area contributed by atoms with E-state index in [2.05, 4.69) is 12.1 Å². The van der Waals surface area contributed by atoms with Gasteiger partial charge in [-0.2, -0.15) is 0 Å². The highest BCUT2D eigenvalue weighted by Gasteiger charge is 2.11. The van der Waals surface area contributed by atoms with Crippen LogP contribution in [0.25, 0.3) is 0 Å². The number of hydrogen-bond acceptors (Lipinski definition) is 3. The molecule has 0 unspecified atom stereocenters. The molecule has 0 saturated heterocycles. The Labute approximate surface area is 142 Å². The van der Waals surface area contributed by atoms with Gasteiger partial charge in [-0.15, -0.1) is 0 Å². The summed E-state index contributed by atoms with van der Waals surface area (Å²) in [7, 11) is 0. The lowest BCUT2D eigenvalue weighted by molar-refractivity contribution is 0.108. The minimum Gasteiger partial charge on any atom is -0.376 e. The second-order valence-corrected chi connectivity index (χ2v) is 6.53. The van der Waals surface area contributed by atoms with E-state index >= 15 is 0 Å². The normalized spacial score (nSPS) is 10.3. The Morgan fingerprint density at radius 1 is 0.957 bits per heavy atom. The maximum absolute atomic E-state index is 12.3. The number of carbonyl (C=O) groups is 1. The van der Waals surface area contributed by atoms with Crippen LogP contribution in [0.1, 0.15) is 36.2 Å². The molecule has 0 fully saturated rings. The molecule has 2 aromatic rings. The van der Waals surface area contributed by atoms with Gasteiger partial charge in [-0.25, -0.2) is 0 Å². The fourth-order valence-corrected chi connectivity index (χ4v) is 2.94. The molecule has 0 aliphatic rings. The summed E-state index contributed by atoms with van der Waals surface area (Å²) in [5.41, 5.74) is 3.07. The molecular weight excluding hydrogens is 304 g/mol. The van der Waals surface area contributed by atoms with E-state index in [0.29, 0.717) is 13.2 Å². The average molecular weight is 326 g/mol. The standard InChI is InChI=1S/C20H22O2S/c1-16(2)19(23-20(21)18-11-7-4-8-12-18)13-14-22-15-17-9-5-3-6-10-17/h3-12H,13-15H2,1-2H3. The minimum absolute atomic E-state index is 0.0878. The summed E-state index contributed by atoms with van der Waals surface area (Å²) in [6, 6.07) is 19.5.